The minimum atomic E-state index is -0.875. The maximum absolute atomic E-state index is 12.7. The molecular weight excluding hydrogens is 295 g/mol. The first-order valence-electron chi connectivity index (χ1n) is 6.33. The van der Waals surface area contributed by atoms with Gasteiger partial charge in [-0.15, -0.1) is 0 Å². The zero-order valence-electron chi connectivity index (χ0n) is 11.3. The molecule has 0 aliphatic carbocycles. The molecule has 2 aromatic rings. The predicted octanol–water partition coefficient (Wildman–Crippen LogP) is 2.73. The van der Waals surface area contributed by atoms with Crippen molar-refractivity contribution in [2.75, 3.05) is 0 Å². The van der Waals surface area contributed by atoms with Gasteiger partial charge < -0.3 is 10.4 Å². The molecule has 0 radical (unpaired) electrons. The molecule has 0 saturated heterocycles. The number of benzene rings is 1. The van der Waals surface area contributed by atoms with E-state index in [1.54, 1.807) is 31.2 Å². The van der Waals surface area contributed by atoms with Gasteiger partial charge in [0.15, 0.2) is 0 Å². The van der Waals surface area contributed by atoms with E-state index in [2.05, 4.69) is 10.3 Å². The summed E-state index contributed by atoms with van der Waals surface area (Å²) in [5.41, 5.74) is 0.871. The number of carbonyl (C=O) groups is 1. The highest BCUT2D eigenvalue weighted by molar-refractivity contribution is 6.30. The smallest absolute Gasteiger partial charge is 0.253 e. The topological polar surface area (TPSA) is 62.2 Å². The van der Waals surface area contributed by atoms with Gasteiger partial charge >= 0.3 is 0 Å². The molecule has 2 rings (SSSR count). The number of hydrogen-bond donors (Lipinski definition) is 2. The number of hydrogen-bond acceptors (Lipinski definition) is 3. The quantitative estimate of drug-likeness (QED) is 0.854. The highest BCUT2D eigenvalue weighted by Crippen LogP contribution is 2.19. The summed E-state index contributed by atoms with van der Waals surface area (Å²) in [4.78, 5) is 15.4. The lowest BCUT2D eigenvalue weighted by atomic mass is 10.0. The van der Waals surface area contributed by atoms with Crippen molar-refractivity contribution in [2.24, 2.45) is 0 Å². The van der Waals surface area contributed by atoms with Crippen LogP contribution in [0.4, 0.5) is 4.39 Å². The summed E-state index contributed by atoms with van der Waals surface area (Å²) in [5.74, 6) is -1.08. The van der Waals surface area contributed by atoms with Crippen LogP contribution in [0.25, 0.3) is 0 Å². The number of nitrogens with one attached hydrogen (secondary N) is 1. The summed E-state index contributed by atoms with van der Waals surface area (Å²) in [6.07, 6.45) is 0.270. The largest absolute Gasteiger partial charge is 0.386 e. The van der Waals surface area contributed by atoms with Crippen LogP contribution in [0, 0.1) is 5.95 Å². The minimum absolute atomic E-state index is 0.228. The van der Waals surface area contributed by atoms with E-state index in [4.69, 9.17) is 11.6 Å². The number of pyridine rings is 1. The summed E-state index contributed by atoms with van der Waals surface area (Å²) in [6, 6.07) is 8.62. The van der Waals surface area contributed by atoms with Crippen molar-refractivity contribution in [3.8, 4) is 0 Å². The molecule has 1 aromatic heterocycles. The Balaban J connectivity index is 2.03. The molecule has 0 bridgehead atoms. The Labute approximate surface area is 126 Å². The molecule has 1 amide bonds. The van der Waals surface area contributed by atoms with Crippen molar-refractivity contribution < 1.29 is 14.3 Å². The van der Waals surface area contributed by atoms with E-state index in [0.29, 0.717) is 10.6 Å². The summed E-state index contributed by atoms with van der Waals surface area (Å²) >= 11 is 5.78. The van der Waals surface area contributed by atoms with Crippen LogP contribution in [0.15, 0.2) is 42.6 Å². The molecule has 1 aromatic carbocycles. The van der Waals surface area contributed by atoms with Gasteiger partial charge in [-0.05, 0) is 36.8 Å². The lowest BCUT2D eigenvalue weighted by Crippen LogP contribution is -2.37. The van der Waals surface area contributed by atoms with Gasteiger partial charge in [0.2, 0.25) is 5.95 Å². The molecule has 1 heterocycles. The van der Waals surface area contributed by atoms with E-state index in [0.717, 1.165) is 12.3 Å². The van der Waals surface area contributed by atoms with Crippen molar-refractivity contribution in [2.45, 2.75) is 19.1 Å². The lowest BCUT2D eigenvalue weighted by Gasteiger charge is -2.20. The Morgan fingerprint density at radius 2 is 1.95 bits per heavy atom. The SMILES string of the molecule is CC(NC(=O)c1ccc(F)nc1)C(O)c1ccc(Cl)cc1. The molecule has 6 heteroatoms. The zero-order chi connectivity index (χ0) is 15.4. The van der Waals surface area contributed by atoms with Crippen molar-refractivity contribution in [3.63, 3.8) is 0 Å². The van der Waals surface area contributed by atoms with Crippen molar-refractivity contribution in [1.29, 1.82) is 0 Å². The van der Waals surface area contributed by atoms with E-state index in [1.807, 2.05) is 0 Å². The molecule has 0 aliphatic heterocycles. The van der Waals surface area contributed by atoms with Gasteiger partial charge in [0.05, 0.1) is 17.7 Å². The molecule has 0 spiro atoms. The fraction of sp³-hybridized carbons (Fsp3) is 0.200. The highest BCUT2D eigenvalue weighted by Gasteiger charge is 2.19. The van der Waals surface area contributed by atoms with Crippen LogP contribution >= 0.6 is 11.6 Å². The Morgan fingerprint density at radius 1 is 1.29 bits per heavy atom. The second-order valence-corrected chi connectivity index (χ2v) is 5.06. The lowest BCUT2D eigenvalue weighted by molar-refractivity contribution is 0.0851. The summed E-state index contributed by atoms with van der Waals surface area (Å²) in [5, 5.41) is 13.4. The molecule has 110 valence electrons. The van der Waals surface area contributed by atoms with Crippen molar-refractivity contribution in [1.82, 2.24) is 10.3 Å². The number of aliphatic hydroxyl groups is 1. The van der Waals surface area contributed by atoms with Gasteiger partial charge in [-0.25, -0.2) is 4.98 Å². The summed E-state index contributed by atoms with van der Waals surface area (Å²) in [7, 11) is 0. The third-order valence-electron chi connectivity index (χ3n) is 3.03. The van der Waals surface area contributed by atoms with Crippen LogP contribution < -0.4 is 5.32 Å². The molecular formula is C15H14ClFN2O2. The first-order chi connectivity index (χ1) is 9.97. The third-order valence-corrected chi connectivity index (χ3v) is 3.29. The monoisotopic (exact) mass is 308 g/mol. The maximum Gasteiger partial charge on any atom is 0.253 e. The molecule has 2 N–H and O–H groups in total. The number of rotatable bonds is 4. The molecule has 0 saturated carbocycles. The number of halogens is 2. The van der Waals surface area contributed by atoms with Crippen LogP contribution in [-0.4, -0.2) is 22.0 Å². The number of nitrogens with zero attached hydrogens (tertiary/aromatic N) is 1. The van der Waals surface area contributed by atoms with Crippen LogP contribution in [0.3, 0.4) is 0 Å². The second kappa shape index (κ2) is 6.65. The van der Waals surface area contributed by atoms with Gasteiger partial charge in [-0.2, -0.15) is 4.39 Å². The average molecular weight is 309 g/mol. The molecule has 2 unspecified atom stereocenters. The van der Waals surface area contributed by atoms with Crippen LogP contribution in [0.2, 0.25) is 5.02 Å². The Bertz CT molecular complexity index is 617. The fourth-order valence-corrected chi connectivity index (χ4v) is 1.95. The number of amides is 1. The molecule has 0 aliphatic rings. The van der Waals surface area contributed by atoms with Gasteiger partial charge in [0.1, 0.15) is 0 Å². The predicted molar refractivity (Wildman–Crippen MR) is 77.5 cm³/mol. The van der Waals surface area contributed by atoms with Gasteiger partial charge in [0, 0.05) is 11.2 Å². The molecule has 2 atom stereocenters. The van der Waals surface area contributed by atoms with E-state index >= 15 is 0 Å². The highest BCUT2D eigenvalue weighted by atomic mass is 35.5. The minimum Gasteiger partial charge on any atom is -0.386 e. The summed E-state index contributed by atoms with van der Waals surface area (Å²) in [6.45, 7) is 1.67. The average Bonchev–Trinajstić information content (AvgIpc) is 2.47. The second-order valence-electron chi connectivity index (χ2n) is 4.63. The first-order valence-corrected chi connectivity index (χ1v) is 6.71. The molecule has 21 heavy (non-hydrogen) atoms. The normalized spacial score (nSPS) is 13.5. The van der Waals surface area contributed by atoms with E-state index < -0.39 is 24.0 Å². The third kappa shape index (κ3) is 4.00. The van der Waals surface area contributed by atoms with Gasteiger partial charge in [0.25, 0.3) is 5.91 Å². The van der Waals surface area contributed by atoms with Crippen LogP contribution in [0.1, 0.15) is 28.9 Å². The zero-order valence-corrected chi connectivity index (χ0v) is 12.0. The van der Waals surface area contributed by atoms with Crippen LogP contribution in [-0.2, 0) is 0 Å². The van der Waals surface area contributed by atoms with Crippen LogP contribution in [0.5, 0.6) is 0 Å². The van der Waals surface area contributed by atoms with Gasteiger partial charge in [-0.1, -0.05) is 23.7 Å². The number of aliphatic hydroxyl groups excluding tert-OH is 1. The van der Waals surface area contributed by atoms with Crippen molar-refractivity contribution >= 4 is 17.5 Å². The molecule has 0 fully saturated rings. The van der Waals surface area contributed by atoms with E-state index in [9.17, 15) is 14.3 Å². The Kier molecular flexibility index (Phi) is 4.88. The first kappa shape index (κ1) is 15.4. The fourth-order valence-electron chi connectivity index (χ4n) is 1.83. The Morgan fingerprint density at radius 3 is 2.52 bits per heavy atom. The summed E-state index contributed by atoms with van der Waals surface area (Å²) < 4.78 is 12.7. The maximum atomic E-state index is 12.7. The van der Waals surface area contributed by atoms with Gasteiger partial charge in [-0.3, -0.25) is 4.79 Å². The number of carbonyl (C=O) groups excluding carboxylic acids is 1. The molecule has 4 nitrogen and oxygen atoms in total. The number of aromatic nitrogens is 1. The standard InChI is InChI=1S/C15H14ClFN2O2/c1-9(14(20)10-2-5-12(16)6-3-10)19-15(21)11-4-7-13(17)18-8-11/h2-9,14,20H,1H3,(H,19,21). The van der Waals surface area contributed by atoms with E-state index in [1.165, 1.54) is 6.07 Å². The Hall–Kier alpha value is -1.98. The van der Waals surface area contributed by atoms with E-state index in [-0.39, 0.29) is 5.56 Å². The van der Waals surface area contributed by atoms with Crippen molar-refractivity contribution in [3.05, 3.63) is 64.7 Å².